The summed E-state index contributed by atoms with van der Waals surface area (Å²) in [6, 6.07) is 5.18. The molecular formula is C19H26ClFN2O2. The third-order valence-corrected chi connectivity index (χ3v) is 5.43. The summed E-state index contributed by atoms with van der Waals surface area (Å²) in [5.41, 5.74) is 0.625. The van der Waals surface area contributed by atoms with E-state index >= 15 is 0 Å². The van der Waals surface area contributed by atoms with Crippen LogP contribution in [0.2, 0.25) is 5.02 Å². The zero-order valence-corrected chi connectivity index (χ0v) is 15.8. The van der Waals surface area contributed by atoms with Crippen molar-refractivity contribution < 1.29 is 13.9 Å². The number of carbonyl (C=O) groups is 1. The lowest BCUT2D eigenvalue weighted by molar-refractivity contribution is -0.00859. The Hall–Kier alpha value is -1.49. The molecule has 1 heterocycles. The average Bonchev–Trinajstić information content (AvgIpc) is 2.48. The molecule has 0 bridgehead atoms. The van der Waals surface area contributed by atoms with Crippen molar-refractivity contribution in [2.75, 3.05) is 18.4 Å². The number of hydrogen-bond donors (Lipinski definition) is 1. The van der Waals surface area contributed by atoms with Gasteiger partial charge in [-0.15, -0.1) is 0 Å². The lowest BCUT2D eigenvalue weighted by Crippen LogP contribution is -2.53. The maximum atomic E-state index is 13.5. The summed E-state index contributed by atoms with van der Waals surface area (Å²) >= 11 is 5.72. The second-order valence-electron chi connectivity index (χ2n) is 8.35. The summed E-state index contributed by atoms with van der Waals surface area (Å²) in [7, 11) is 0. The monoisotopic (exact) mass is 368 g/mol. The lowest BCUT2D eigenvalue weighted by atomic mass is 9.60. The van der Waals surface area contributed by atoms with Crippen molar-refractivity contribution in [1.82, 2.24) is 4.90 Å². The number of likely N-dealkylation sites (tertiary alicyclic amines) is 1. The minimum atomic E-state index is -0.453. The Morgan fingerprint density at radius 1 is 1.32 bits per heavy atom. The first kappa shape index (κ1) is 18.3. The summed E-state index contributed by atoms with van der Waals surface area (Å²) in [6.45, 7) is 7.16. The van der Waals surface area contributed by atoms with Gasteiger partial charge in [0.05, 0.1) is 5.02 Å². The Labute approximate surface area is 153 Å². The molecule has 25 heavy (non-hydrogen) atoms. The van der Waals surface area contributed by atoms with Crippen LogP contribution in [-0.4, -0.2) is 35.7 Å². The van der Waals surface area contributed by atoms with Gasteiger partial charge >= 0.3 is 6.09 Å². The molecule has 138 valence electrons. The van der Waals surface area contributed by atoms with Crippen molar-refractivity contribution in [3.05, 3.63) is 29.0 Å². The van der Waals surface area contributed by atoms with E-state index in [4.69, 9.17) is 16.3 Å². The maximum absolute atomic E-state index is 13.5. The lowest BCUT2D eigenvalue weighted by Gasteiger charge is -2.52. The van der Waals surface area contributed by atoms with Crippen LogP contribution in [0.15, 0.2) is 18.2 Å². The third-order valence-electron chi connectivity index (χ3n) is 5.13. The van der Waals surface area contributed by atoms with Gasteiger partial charge in [0.2, 0.25) is 0 Å². The molecule has 1 spiro atoms. The molecule has 1 saturated carbocycles. The molecular weight excluding hydrogens is 343 g/mol. The highest BCUT2D eigenvalue weighted by Gasteiger charge is 2.46. The van der Waals surface area contributed by atoms with Gasteiger partial charge in [0, 0.05) is 24.8 Å². The molecule has 1 aromatic rings. The number of anilines is 1. The summed E-state index contributed by atoms with van der Waals surface area (Å²) in [5, 5.41) is 3.52. The highest BCUT2D eigenvalue weighted by molar-refractivity contribution is 6.30. The van der Waals surface area contributed by atoms with Gasteiger partial charge in [-0.25, -0.2) is 9.18 Å². The van der Waals surface area contributed by atoms with E-state index < -0.39 is 11.4 Å². The fraction of sp³-hybridized carbons (Fsp3) is 0.632. The van der Waals surface area contributed by atoms with Crippen LogP contribution >= 0.6 is 11.6 Å². The highest BCUT2D eigenvalue weighted by atomic mass is 35.5. The van der Waals surface area contributed by atoms with Crippen molar-refractivity contribution in [3.8, 4) is 0 Å². The minimum Gasteiger partial charge on any atom is -0.444 e. The Bertz CT molecular complexity index is 643. The number of carbonyl (C=O) groups excluding carboxylic acids is 1. The van der Waals surface area contributed by atoms with Crippen LogP contribution in [0.1, 0.15) is 46.5 Å². The fourth-order valence-electron chi connectivity index (χ4n) is 3.81. The number of nitrogens with one attached hydrogen (secondary N) is 1. The zero-order valence-electron chi connectivity index (χ0n) is 15.1. The van der Waals surface area contributed by atoms with Gasteiger partial charge in [-0.1, -0.05) is 11.6 Å². The molecule has 1 aromatic carbocycles. The largest absolute Gasteiger partial charge is 0.444 e. The Kier molecular flexibility index (Phi) is 4.89. The number of nitrogens with zero attached hydrogens (tertiary/aromatic N) is 1. The number of benzene rings is 1. The van der Waals surface area contributed by atoms with Gasteiger partial charge in [0.1, 0.15) is 11.4 Å². The summed E-state index contributed by atoms with van der Waals surface area (Å²) in [6.07, 6.45) is 3.89. The number of amides is 1. The fourth-order valence-corrected chi connectivity index (χ4v) is 3.93. The van der Waals surface area contributed by atoms with Crippen molar-refractivity contribution >= 4 is 23.4 Å². The predicted octanol–water partition coefficient (Wildman–Crippen LogP) is 5.07. The molecule has 1 saturated heterocycles. The SMILES string of the molecule is CC(C)(C)OC(=O)N1CCC2(CC1)CC(Nc1ccc(Cl)c(F)c1)C2. The Morgan fingerprint density at radius 3 is 2.52 bits per heavy atom. The summed E-state index contributed by atoms with van der Waals surface area (Å²) in [4.78, 5) is 14.0. The van der Waals surface area contributed by atoms with E-state index in [1.807, 2.05) is 31.7 Å². The van der Waals surface area contributed by atoms with E-state index in [0.29, 0.717) is 11.5 Å². The number of rotatable bonds is 2. The average molecular weight is 369 g/mol. The van der Waals surface area contributed by atoms with Gasteiger partial charge in [0.25, 0.3) is 0 Å². The molecule has 1 N–H and O–H groups in total. The Balaban J connectivity index is 1.46. The molecule has 6 heteroatoms. The highest BCUT2D eigenvalue weighted by Crippen LogP contribution is 2.50. The summed E-state index contributed by atoms with van der Waals surface area (Å²) in [5.74, 6) is -0.397. The van der Waals surface area contributed by atoms with Gasteiger partial charge in [0.15, 0.2) is 0 Å². The van der Waals surface area contributed by atoms with Crippen molar-refractivity contribution in [2.24, 2.45) is 5.41 Å². The van der Waals surface area contributed by atoms with Crippen LogP contribution in [0, 0.1) is 11.2 Å². The first-order chi connectivity index (χ1) is 11.7. The van der Waals surface area contributed by atoms with Gasteiger partial charge in [-0.3, -0.25) is 0 Å². The molecule has 0 aromatic heterocycles. The molecule has 0 unspecified atom stereocenters. The first-order valence-electron chi connectivity index (χ1n) is 8.85. The molecule has 0 radical (unpaired) electrons. The predicted molar refractivity (Wildman–Crippen MR) is 97.5 cm³/mol. The third kappa shape index (κ3) is 4.38. The quantitative estimate of drug-likeness (QED) is 0.792. The van der Waals surface area contributed by atoms with E-state index in [9.17, 15) is 9.18 Å². The maximum Gasteiger partial charge on any atom is 0.410 e. The zero-order chi connectivity index (χ0) is 18.2. The van der Waals surface area contributed by atoms with Gasteiger partial charge < -0.3 is 15.0 Å². The van der Waals surface area contributed by atoms with Crippen molar-refractivity contribution in [1.29, 1.82) is 0 Å². The van der Waals surface area contributed by atoms with Crippen molar-refractivity contribution in [2.45, 2.75) is 58.1 Å². The van der Waals surface area contributed by atoms with Crippen molar-refractivity contribution in [3.63, 3.8) is 0 Å². The standard InChI is InChI=1S/C19H26ClFN2O2/c1-18(2,3)25-17(24)23-8-6-19(7-9-23)11-14(12-19)22-13-4-5-15(20)16(21)10-13/h4-5,10,14,22H,6-9,11-12H2,1-3H3. The van der Waals surface area contributed by atoms with Crippen LogP contribution in [0.4, 0.5) is 14.9 Å². The topological polar surface area (TPSA) is 41.6 Å². The van der Waals surface area contributed by atoms with Crippen LogP contribution < -0.4 is 5.32 Å². The molecule has 3 rings (SSSR count). The number of ether oxygens (including phenoxy) is 1. The van der Waals surface area contributed by atoms with Gasteiger partial charge in [-0.05, 0) is 70.1 Å². The molecule has 4 nitrogen and oxygen atoms in total. The second kappa shape index (κ2) is 6.67. The van der Waals surface area contributed by atoms with E-state index in [2.05, 4.69) is 5.32 Å². The molecule has 1 amide bonds. The normalized spacial score (nSPS) is 20.3. The van der Waals surface area contributed by atoms with Gasteiger partial charge in [-0.2, -0.15) is 0 Å². The van der Waals surface area contributed by atoms with Crippen LogP contribution in [0.3, 0.4) is 0 Å². The Morgan fingerprint density at radius 2 is 1.96 bits per heavy atom. The van der Waals surface area contributed by atoms with E-state index in [0.717, 1.165) is 44.5 Å². The smallest absolute Gasteiger partial charge is 0.410 e. The molecule has 0 atom stereocenters. The second-order valence-corrected chi connectivity index (χ2v) is 8.75. The number of piperidine rings is 1. The van der Waals surface area contributed by atoms with E-state index in [-0.39, 0.29) is 11.1 Å². The molecule has 2 aliphatic rings. The number of halogens is 2. The van der Waals surface area contributed by atoms with Crippen LogP contribution in [-0.2, 0) is 4.74 Å². The van der Waals surface area contributed by atoms with E-state index in [1.54, 1.807) is 6.07 Å². The molecule has 1 aliphatic heterocycles. The first-order valence-corrected chi connectivity index (χ1v) is 9.23. The molecule has 1 aliphatic carbocycles. The summed E-state index contributed by atoms with van der Waals surface area (Å²) < 4.78 is 19.0. The van der Waals surface area contributed by atoms with Crippen LogP contribution in [0.25, 0.3) is 0 Å². The van der Waals surface area contributed by atoms with Crippen LogP contribution in [0.5, 0.6) is 0 Å². The van der Waals surface area contributed by atoms with E-state index in [1.165, 1.54) is 6.07 Å². The number of hydrogen-bond acceptors (Lipinski definition) is 3. The minimum absolute atomic E-state index is 0.144. The molecule has 2 fully saturated rings.